The average molecular weight is 477 g/mol. The van der Waals surface area contributed by atoms with Crippen LogP contribution in [0, 0.1) is 12.7 Å². The van der Waals surface area contributed by atoms with Crippen molar-refractivity contribution in [2.24, 2.45) is 0 Å². The minimum Gasteiger partial charge on any atom is -0.392 e. The number of rotatable bonds is 8. The number of anilines is 1. The first-order chi connectivity index (χ1) is 16.8. The van der Waals surface area contributed by atoms with Crippen LogP contribution in [0.2, 0.25) is 0 Å². The highest BCUT2D eigenvalue weighted by Gasteiger charge is 2.23. The fourth-order valence-electron chi connectivity index (χ4n) is 4.30. The second-order valence-corrected chi connectivity index (χ2v) is 9.11. The van der Waals surface area contributed by atoms with Gasteiger partial charge in [0.25, 0.3) is 0 Å². The number of aromatic nitrogens is 1. The number of hydrogen-bond donors (Lipinski definition) is 2. The number of nitrogens with one attached hydrogen (secondary N) is 1. The van der Waals surface area contributed by atoms with Crippen LogP contribution >= 0.6 is 0 Å². The lowest BCUT2D eigenvalue weighted by molar-refractivity contribution is 0.279. The zero-order chi connectivity index (χ0) is 26.1. The zero-order valence-corrected chi connectivity index (χ0v) is 22.5. The molecule has 188 valence electrons. The molecule has 0 bridgehead atoms. The van der Waals surface area contributed by atoms with Gasteiger partial charge in [0.05, 0.1) is 6.61 Å². The molecule has 0 radical (unpaired) electrons. The number of benzene rings is 2. The average Bonchev–Trinajstić information content (AvgIpc) is 2.85. The Balaban J connectivity index is 0.00000210. The van der Waals surface area contributed by atoms with Gasteiger partial charge in [-0.25, -0.2) is 4.39 Å². The lowest BCUT2D eigenvalue weighted by atomic mass is 9.87. The molecule has 0 aliphatic carbocycles. The van der Waals surface area contributed by atoms with E-state index in [0.29, 0.717) is 6.54 Å². The minimum atomic E-state index is -0.275. The van der Waals surface area contributed by atoms with Crippen LogP contribution in [-0.2, 0) is 13.2 Å². The van der Waals surface area contributed by atoms with Crippen LogP contribution in [0.3, 0.4) is 0 Å². The molecule has 1 heterocycles. The lowest BCUT2D eigenvalue weighted by Gasteiger charge is -2.24. The van der Waals surface area contributed by atoms with Gasteiger partial charge < -0.3 is 10.4 Å². The zero-order valence-electron chi connectivity index (χ0n) is 22.5. The number of allylic oxidation sites excluding steroid dienone is 1. The number of pyridine rings is 1. The Kier molecular flexibility index (Phi) is 10.7. The van der Waals surface area contributed by atoms with Gasteiger partial charge in [-0.05, 0) is 72.2 Å². The number of hydrogen-bond acceptors (Lipinski definition) is 3. The van der Waals surface area contributed by atoms with E-state index in [0.717, 1.165) is 39.3 Å². The van der Waals surface area contributed by atoms with Crippen molar-refractivity contribution in [1.82, 2.24) is 4.98 Å². The van der Waals surface area contributed by atoms with Crippen LogP contribution in [0.5, 0.6) is 0 Å². The number of aryl methyl sites for hydroxylation is 1. The molecule has 2 N–H and O–H groups in total. The van der Waals surface area contributed by atoms with Crippen molar-refractivity contribution in [3.63, 3.8) is 0 Å². The molecule has 0 aliphatic rings. The maximum atomic E-state index is 13.7. The molecule has 35 heavy (non-hydrogen) atoms. The van der Waals surface area contributed by atoms with Crippen molar-refractivity contribution in [3.8, 4) is 11.1 Å². The molecule has 0 fully saturated rings. The summed E-state index contributed by atoms with van der Waals surface area (Å²) in [5.74, 6) is 0.0839. The molecule has 0 aliphatic heterocycles. The van der Waals surface area contributed by atoms with E-state index in [2.05, 4.69) is 64.2 Å². The van der Waals surface area contributed by atoms with E-state index in [1.54, 1.807) is 12.1 Å². The summed E-state index contributed by atoms with van der Waals surface area (Å²) in [6, 6.07) is 12.9. The molecule has 0 amide bonds. The Bertz CT molecular complexity index is 1130. The molecule has 2 aromatic carbocycles. The van der Waals surface area contributed by atoms with E-state index in [1.807, 2.05) is 26.8 Å². The largest absolute Gasteiger partial charge is 0.392 e. The summed E-state index contributed by atoms with van der Waals surface area (Å²) >= 11 is 0. The summed E-state index contributed by atoms with van der Waals surface area (Å²) in [6.45, 7) is 17.0. The van der Waals surface area contributed by atoms with Crippen molar-refractivity contribution in [2.75, 3.05) is 5.32 Å². The summed E-state index contributed by atoms with van der Waals surface area (Å²) in [6.07, 6.45) is 4.14. The summed E-state index contributed by atoms with van der Waals surface area (Å²) in [5.41, 5.74) is 9.03. The number of aliphatic hydroxyl groups is 1. The summed E-state index contributed by atoms with van der Waals surface area (Å²) in [7, 11) is 0. The predicted molar refractivity (Wildman–Crippen MR) is 148 cm³/mol. The molecule has 0 saturated heterocycles. The number of aliphatic hydroxyl groups excluding tert-OH is 1. The van der Waals surface area contributed by atoms with Crippen molar-refractivity contribution in [1.29, 1.82) is 0 Å². The smallest absolute Gasteiger partial charge is 0.123 e. The molecular formula is C31H41FN2O. The second kappa shape index (κ2) is 13.2. The summed E-state index contributed by atoms with van der Waals surface area (Å²) < 4.78 is 13.7. The van der Waals surface area contributed by atoms with Gasteiger partial charge in [-0.15, -0.1) is 0 Å². The van der Waals surface area contributed by atoms with Gasteiger partial charge in [-0.1, -0.05) is 71.9 Å². The molecule has 0 unspecified atom stereocenters. The molecule has 3 rings (SSSR count). The predicted octanol–water partition coefficient (Wildman–Crippen LogP) is 8.61. The Hall–Kier alpha value is -2.98. The van der Waals surface area contributed by atoms with Gasteiger partial charge in [0.1, 0.15) is 5.82 Å². The molecule has 3 nitrogen and oxygen atoms in total. The van der Waals surface area contributed by atoms with Crippen LogP contribution in [-0.4, -0.2) is 10.1 Å². The minimum absolute atomic E-state index is 0.115. The van der Waals surface area contributed by atoms with Crippen molar-refractivity contribution >= 4 is 11.8 Å². The normalized spacial score (nSPS) is 11.2. The summed E-state index contributed by atoms with van der Waals surface area (Å²) in [4.78, 5) is 5.03. The van der Waals surface area contributed by atoms with Gasteiger partial charge in [0, 0.05) is 34.7 Å². The van der Waals surface area contributed by atoms with E-state index >= 15 is 0 Å². The first-order valence-electron chi connectivity index (χ1n) is 12.7. The maximum absolute atomic E-state index is 13.7. The highest BCUT2D eigenvalue weighted by molar-refractivity contribution is 5.74. The Morgan fingerprint density at radius 2 is 1.54 bits per heavy atom. The molecule has 0 atom stereocenters. The fraction of sp³-hybridized carbons (Fsp3) is 0.387. The SMILES string of the molecule is C/C=C\c1ccc(NCc2c(C(C)C)nc(C(C)C)c(CO)c2-c2ccc(F)cc2)cc1C.CC. The topological polar surface area (TPSA) is 45.2 Å². The molecular weight excluding hydrogens is 435 g/mol. The third-order valence-electron chi connectivity index (χ3n) is 5.93. The standard InChI is InChI=1S/C29H35FN2O.C2H6/c1-7-8-21-11-14-24(15-20(21)6)31-16-25-27(22-9-12-23(30)13-10-22)26(17-33)29(19(4)5)32-28(25)18(2)3;1-2/h7-15,18-19,31,33H,16-17H2,1-6H3;1-2H3/b8-7-;. The van der Waals surface area contributed by atoms with E-state index in [4.69, 9.17) is 4.98 Å². The molecule has 3 aromatic rings. The monoisotopic (exact) mass is 476 g/mol. The molecule has 1 aromatic heterocycles. The van der Waals surface area contributed by atoms with Crippen molar-refractivity contribution < 1.29 is 9.50 Å². The van der Waals surface area contributed by atoms with E-state index in [-0.39, 0.29) is 24.3 Å². The molecule has 0 spiro atoms. The van der Waals surface area contributed by atoms with E-state index < -0.39 is 0 Å². The van der Waals surface area contributed by atoms with Crippen LogP contribution in [0.25, 0.3) is 17.2 Å². The van der Waals surface area contributed by atoms with Crippen molar-refractivity contribution in [2.45, 2.75) is 80.4 Å². The van der Waals surface area contributed by atoms with Crippen molar-refractivity contribution in [3.05, 3.63) is 88.0 Å². The van der Waals surface area contributed by atoms with Crippen LogP contribution in [0.1, 0.15) is 93.9 Å². The van der Waals surface area contributed by atoms with Crippen LogP contribution < -0.4 is 5.32 Å². The quantitative estimate of drug-likeness (QED) is 0.342. The van der Waals surface area contributed by atoms with Gasteiger partial charge in [-0.2, -0.15) is 0 Å². The third-order valence-corrected chi connectivity index (χ3v) is 5.93. The van der Waals surface area contributed by atoms with E-state index in [1.165, 1.54) is 23.3 Å². The van der Waals surface area contributed by atoms with E-state index in [9.17, 15) is 9.50 Å². The lowest BCUT2D eigenvalue weighted by Crippen LogP contribution is -2.15. The van der Waals surface area contributed by atoms with Crippen LogP contribution in [0.4, 0.5) is 10.1 Å². The van der Waals surface area contributed by atoms with Gasteiger partial charge in [0.15, 0.2) is 0 Å². The summed E-state index contributed by atoms with van der Waals surface area (Å²) in [5, 5.41) is 13.9. The highest BCUT2D eigenvalue weighted by Crippen LogP contribution is 2.37. The van der Waals surface area contributed by atoms with Gasteiger partial charge >= 0.3 is 0 Å². The Morgan fingerprint density at radius 3 is 2.06 bits per heavy atom. The third kappa shape index (κ3) is 6.79. The molecule has 0 saturated carbocycles. The maximum Gasteiger partial charge on any atom is 0.123 e. The second-order valence-electron chi connectivity index (χ2n) is 9.11. The Morgan fingerprint density at radius 1 is 0.943 bits per heavy atom. The van der Waals surface area contributed by atoms with Gasteiger partial charge in [-0.3, -0.25) is 4.98 Å². The fourth-order valence-corrected chi connectivity index (χ4v) is 4.30. The number of halogens is 1. The first-order valence-corrected chi connectivity index (χ1v) is 12.7. The number of nitrogens with zero attached hydrogens (tertiary/aromatic N) is 1. The van der Waals surface area contributed by atoms with Gasteiger partial charge in [0.2, 0.25) is 0 Å². The first kappa shape index (κ1) is 28.3. The Labute approximate surface area is 211 Å². The van der Waals surface area contributed by atoms with Crippen LogP contribution in [0.15, 0.2) is 48.5 Å². The molecule has 4 heteroatoms. The highest BCUT2D eigenvalue weighted by atomic mass is 19.1.